The minimum atomic E-state index is -5.08. The van der Waals surface area contributed by atoms with E-state index >= 15 is 4.39 Å². The molecular formula is C26H31F7N2O3. The predicted molar refractivity (Wildman–Crippen MR) is 122 cm³/mol. The van der Waals surface area contributed by atoms with E-state index in [2.05, 4.69) is 0 Å². The fourth-order valence-electron chi connectivity index (χ4n) is 6.25. The average molecular weight is 553 g/mol. The van der Waals surface area contributed by atoms with Crippen LogP contribution >= 0.6 is 0 Å². The number of nitrogens with zero attached hydrogens (tertiary/aromatic N) is 2. The molecule has 0 aromatic heterocycles. The Hall–Kier alpha value is -2.37. The minimum Gasteiger partial charge on any atom is -0.381 e. The van der Waals surface area contributed by atoms with E-state index in [1.165, 1.54) is 4.90 Å². The molecule has 1 aliphatic carbocycles. The highest BCUT2D eigenvalue weighted by molar-refractivity contribution is 5.85. The number of amides is 2. The number of fused-ring (bicyclic) bond motifs is 1. The third-order valence-electron chi connectivity index (χ3n) is 8.35. The van der Waals surface area contributed by atoms with E-state index in [1.54, 1.807) is 13.8 Å². The van der Waals surface area contributed by atoms with Crippen LogP contribution in [0.2, 0.25) is 0 Å². The zero-order valence-electron chi connectivity index (χ0n) is 21.2. The van der Waals surface area contributed by atoms with Crippen LogP contribution in [0.3, 0.4) is 0 Å². The summed E-state index contributed by atoms with van der Waals surface area (Å²) >= 11 is 0. The standard InChI is InChI=1S/C26H31F7N2O3/c1-15(2)24(8-5-19(12-24)35(23(37)26(31,32)33)18-6-9-38-10-7-18)22(36)34-13-16-11-17(25(28,29)30)3-4-20(16)21(27)14-34/h3-4,11,15,18-19,21H,5-10,12-14H2,1-2H3/t19-,21-,24+/m1/s1. The molecule has 38 heavy (non-hydrogen) atoms. The molecule has 2 aliphatic heterocycles. The predicted octanol–water partition coefficient (Wildman–Crippen LogP) is 5.82. The number of hydrogen-bond acceptors (Lipinski definition) is 3. The lowest BCUT2D eigenvalue weighted by Crippen LogP contribution is -2.54. The molecule has 0 unspecified atom stereocenters. The van der Waals surface area contributed by atoms with Gasteiger partial charge in [-0.2, -0.15) is 26.3 Å². The van der Waals surface area contributed by atoms with Crippen LogP contribution in [-0.4, -0.2) is 59.6 Å². The Morgan fingerprint density at radius 2 is 1.71 bits per heavy atom. The molecule has 0 radical (unpaired) electrons. The molecule has 3 aliphatic rings. The molecule has 0 spiro atoms. The summed E-state index contributed by atoms with van der Waals surface area (Å²) in [5.41, 5.74) is -1.99. The fourth-order valence-corrected chi connectivity index (χ4v) is 6.25. The topological polar surface area (TPSA) is 49.9 Å². The lowest BCUT2D eigenvalue weighted by molar-refractivity contribution is -0.192. The van der Waals surface area contributed by atoms with Crippen LogP contribution in [0.25, 0.3) is 0 Å². The van der Waals surface area contributed by atoms with Crippen LogP contribution in [0, 0.1) is 11.3 Å². The Morgan fingerprint density at radius 1 is 1.05 bits per heavy atom. The van der Waals surface area contributed by atoms with Crippen LogP contribution in [0.4, 0.5) is 30.7 Å². The Morgan fingerprint density at radius 3 is 2.29 bits per heavy atom. The van der Waals surface area contributed by atoms with Gasteiger partial charge in [-0.25, -0.2) is 4.39 Å². The molecule has 2 amide bonds. The molecule has 12 heteroatoms. The summed E-state index contributed by atoms with van der Waals surface area (Å²) in [6.45, 7) is 3.34. The van der Waals surface area contributed by atoms with Gasteiger partial charge in [-0.15, -0.1) is 0 Å². The van der Waals surface area contributed by atoms with Crippen molar-refractivity contribution in [3.05, 3.63) is 34.9 Å². The molecule has 0 N–H and O–H groups in total. The smallest absolute Gasteiger partial charge is 0.381 e. The fraction of sp³-hybridized carbons (Fsp3) is 0.692. The van der Waals surface area contributed by atoms with Crippen molar-refractivity contribution in [3.63, 3.8) is 0 Å². The van der Waals surface area contributed by atoms with Gasteiger partial charge in [0, 0.05) is 31.8 Å². The second-order valence-electron chi connectivity index (χ2n) is 10.8. The molecule has 2 heterocycles. The summed E-state index contributed by atoms with van der Waals surface area (Å²) in [5.74, 6) is -2.82. The zero-order valence-corrected chi connectivity index (χ0v) is 21.2. The van der Waals surface area contributed by atoms with Crippen molar-refractivity contribution < 1.29 is 45.1 Å². The Labute approximate surface area is 216 Å². The van der Waals surface area contributed by atoms with E-state index in [9.17, 15) is 35.9 Å². The van der Waals surface area contributed by atoms with Gasteiger partial charge < -0.3 is 14.5 Å². The van der Waals surface area contributed by atoms with Crippen LogP contribution in [0.1, 0.15) is 68.8 Å². The molecule has 1 saturated carbocycles. The van der Waals surface area contributed by atoms with Crippen molar-refractivity contribution >= 4 is 11.8 Å². The maximum atomic E-state index is 15.0. The first-order valence-electron chi connectivity index (χ1n) is 12.8. The van der Waals surface area contributed by atoms with Crippen LogP contribution in [0.5, 0.6) is 0 Å². The number of carbonyl (C=O) groups excluding carboxylic acids is 2. The second kappa shape index (κ2) is 10.3. The quantitative estimate of drug-likeness (QED) is 0.443. The largest absolute Gasteiger partial charge is 0.471 e. The van der Waals surface area contributed by atoms with Gasteiger partial charge in [0.15, 0.2) is 0 Å². The number of benzene rings is 1. The van der Waals surface area contributed by atoms with Crippen molar-refractivity contribution in [1.82, 2.24) is 9.80 Å². The number of halogens is 7. The van der Waals surface area contributed by atoms with Crippen LogP contribution in [-0.2, 0) is 27.0 Å². The van der Waals surface area contributed by atoms with Crippen molar-refractivity contribution in [2.45, 2.75) is 83.1 Å². The molecule has 1 aromatic carbocycles. The van der Waals surface area contributed by atoms with Gasteiger partial charge in [0.25, 0.3) is 0 Å². The van der Waals surface area contributed by atoms with Crippen LogP contribution in [0.15, 0.2) is 18.2 Å². The summed E-state index contributed by atoms with van der Waals surface area (Å²) in [5, 5.41) is 0. The zero-order chi connectivity index (χ0) is 28.0. The van der Waals surface area contributed by atoms with Crippen molar-refractivity contribution in [2.75, 3.05) is 19.8 Å². The third kappa shape index (κ3) is 5.37. The Kier molecular flexibility index (Phi) is 7.77. The van der Waals surface area contributed by atoms with Crippen molar-refractivity contribution in [2.24, 2.45) is 11.3 Å². The first-order chi connectivity index (χ1) is 17.6. The van der Waals surface area contributed by atoms with Gasteiger partial charge in [-0.1, -0.05) is 19.9 Å². The number of hydrogen-bond donors (Lipinski definition) is 0. The molecule has 0 bridgehead atoms. The summed E-state index contributed by atoms with van der Waals surface area (Å²) in [6, 6.07) is 1.20. The first-order valence-corrected chi connectivity index (χ1v) is 12.8. The lowest BCUT2D eigenvalue weighted by Gasteiger charge is -2.42. The molecule has 3 atom stereocenters. The maximum Gasteiger partial charge on any atom is 0.471 e. The highest BCUT2D eigenvalue weighted by atomic mass is 19.4. The summed E-state index contributed by atoms with van der Waals surface area (Å²) in [4.78, 5) is 28.5. The van der Waals surface area contributed by atoms with Crippen molar-refractivity contribution in [1.29, 1.82) is 0 Å². The molecule has 2 fully saturated rings. The van der Waals surface area contributed by atoms with E-state index in [0.717, 1.165) is 23.1 Å². The van der Waals surface area contributed by atoms with Gasteiger partial charge in [0.2, 0.25) is 5.91 Å². The molecule has 212 valence electrons. The summed E-state index contributed by atoms with van der Waals surface area (Å²) in [6.07, 6.45) is -10.6. The maximum absolute atomic E-state index is 15.0. The highest BCUT2D eigenvalue weighted by Gasteiger charge is 2.55. The molecule has 1 saturated heterocycles. The lowest BCUT2D eigenvalue weighted by atomic mass is 9.73. The number of alkyl halides is 7. The van der Waals surface area contributed by atoms with E-state index in [-0.39, 0.29) is 75.5 Å². The Balaban J connectivity index is 1.61. The molecule has 5 nitrogen and oxygen atoms in total. The normalized spacial score (nSPS) is 26.9. The number of rotatable bonds is 4. The van der Waals surface area contributed by atoms with E-state index in [4.69, 9.17) is 4.74 Å². The number of ether oxygens (including phenoxy) is 1. The second-order valence-corrected chi connectivity index (χ2v) is 10.8. The minimum absolute atomic E-state index is 0.0361. The summed E-state index contributed by atoms with van der Waals surface area (Å²) < 4.78 is 101. The van der Waals surface area contributed by atoms with E-state index in [0.29, 0.717) is 0 Å². The molecule has 4 rings (SSSR count). The van der Waals surface area contributed by atoms with Gasteiger partial charge in [0.1, 0.15) is 6.17 Å². The van der Waals surface area contributed by atoms with Crippen molar-refractivity contribution in [3.8, 4) is 0 Å². The van der Waals surface area contributed by atoms with E-state index < -0.39 is 53.4 Å². The SMILES string of the molecule is CC(C)[C@]1(C(=O)N2Cc3cc(C(F)(F)F)ccc3[C@H](F)C2)CC[C@@H](N(C(=O)C(F)(F)F)C2CCOCC2)C1. The van der Waals surface area contributed by atoms with Gasteiger partial charge >= 0.3 is 18.3 Å². The average Bonchev–Trinajstić information content (AvgIpc) is 3.29. The third-order valence-corrected chi connectivity index (χ3v) is 8.35. The van der Waals surface area contributed by atoms with E-state index in [1.807, 2.05) is 0 Å². The molecular weight excluding hydrogens is 521 g/mol. The Bertz CT molecular complexity index is 1050. The van der Waals surface area contributed by atoms with Gasteiger partial charge in [-0.05, 0) is 61.3 Å². The molecule has 1 aromatic rings. The highest BCUT2D eigenvalue weighted by Crippen LogP contribution is 2.49. The van der Waals surface area contributed by atoms with Crippen LogP contribution < -0.4 is 0 Å². The van der Waals surface area contributed by atoms with Gasteiger partial charge in [-0.3, -0.25) is 9.59 Å². The monoisotopic (exact) mass is 552 g/mol. The van der Waals surface area contributed by atoms with Gasteiger partial charge in [0.05, 0.1) is 17.5 Å². The number of carbonyl (C=O) groups is 2. The summed E-state index contributed by atoms with van der Waals surface area (Å²) in [7, 11) is 0. The first kappa shape index (κ1) is 28.6.